The van der Waals surface area contributed by atoms with Gasteiger partial charge < -0.3 is 4.74 Å². The van der Waals surface area contributed by atoms with Crippen LogP contribution in [-0.4, -0.2) is 19.0 Å². The molecule has 13 heavy (non-hydrogen) atoms. The number of hydrogen-bond acceptors (Lipinski definition) is 3. The van der Waals surface area contributed by atoms with Crippen LogP contribution in [0.4, 0.5) is 0 Å². The second-order valence-electron chi connectivity index (χ2n) is 2.92. The first-order valence-electron chi connectivity index (χ1n) is 4.40. The van der Waals surface area contributed by atoms with Gasteiger partial charge >= 0.3 is 0 Å². The summed E-state index contributed by atoms with van der Waals surface area (Å²) in [5, 5.41) is 1.88. The second-order valence-corrected chi connectivity index (χ2v) is 4.04. The van der Waals surface area contributed by atoms with Crippen LogP contribution in [0, 0.1) is 6.92 Å². The van der Waals surface area contributed by atoms with E-state index in [4.69, 9.17) is 4.74 Å². The van der Waals surface area contributed by atoms with Crippen molar-refractivity contribution in [2.75, 3.05) is 13.2 Å². The van der Waals surface area contributed by atoms with Gasteiger partial charge in [0.05, 0.1) is 0 Å². The molecule has 1 aromatic heterocycles. The number of carbonyl (C=O) groups is 1. The molecule has 0 atom stereocenters. The van der Waals surface area contributed by atoms with E-state index in [1.165, 1.54) is 4.88 Å². The molecule has 0 amide bonds. The number of Topliss-reactive ketones (excluding diaryl/α,β-unsaturated/α-hetero) is 1. The second kappa shape index (κ2) is 5.14. The molecule has 0 saturated carbocycles. The Hall–Kier alpha value is -0.670. The number of hydrogen-bond donors (Lipinski definition) is 0. The molecular weight excluding hydrogens is 184 g/mol. The van der Waals surface area contributed by atoms with Gasteiger partial charge in [-0.1, -0.05) is 6.92 Å². The van der Waals surface area contributed by atoms with Crippen LogP contribution < -0.4 is 0 Å². The Labute approximate surface area is 82.5 Å². The lowest BCUT2D eigenvalue weighted by atomic mass is 10.2. The average molecular weight is 198 g/mol. The molecule has 0 aromatic carbocycles. The number of carbonyl (C=O) groups excluding carboxylic acids is 1. The minimum absolute atomic E-state index is 0.0813. The van der Waals surface area contributed by atoms with Crippen molar-refractivity contribution < 1.29 is 9.53 Å². The van der Waals surface area contributed by atoms with Crippen LogP contribution in [-0.2, 0) is 4.74 Å². The summed E-state index contributed by atoms with van der Waals surface area (Å²) in [6.07, 6.45) is 0.954. The van der Waals surface area contributed by atoms with E-state index >= 15 is 0 Å². The Kier molecular flexibility index (Phi) is 4.12. The van der Waals surface area contributed by atoms with E-state index in [9.17, 15) is 4.79 Å². The summed E-state index contributed by atoms with van der Waals surface area (Å²) in [6, 6.07) is 1.91. The number of ketones is 1. The summed E-state index contributed by atoms with van der Waals surface area (Å²) in [7, 11) is 0. The van der Waals surface area contributed by atoms with Crippen LogP contribution in [0.5, 0.6) is 0 Å². The zero-order valence-electron chi connectivity index (χ0n) is 8.00. The van der Waals surface area contributed by atoms with Gasteiger partial charge in [-0.2, -0.15) is 0 Å². The maximum Gasteiger partial charge on any atom is 0.189 e. The summed E-state index contributed by atoms with van der Waals surface area (Å²) >= 11 is 1.60. The normalized spacial score (nSPS) is 10.3. The Bertz CT molecular complexity index is 278. The molecule has 0 spiro atoms. The lowest BCUT2D eigenvalue weighted by molar-refractivity contribution is 0.0762. The Balaban J connectivity index is 2.40. The summed E-state index contributed by atoms with van der Waals surface area (Å²) in [6.45, 7) is 4.90. The molecule has 0 unspecified atom stereocenters. The van der Waals surface area contributed by atoms with E-state index in [-0.39, 0.29) is 12.4 Å². The van der Waals surface area contributed by atoms with E-state index in [1.807, 2.05) is 25.3 Å². The SMILES string of the molecule is CCCOCC(=O)c1csc(C)c1. The Morgan fingerprint density at radius 3 is 2.92 bits per heavy atom. The highest BCUT2D eigenvalue weighted by Gasteiger charge is 2.06. The van der Waals surface area contributed by atoms with Gasteiger partial charge in [0.15, 0.2) is 5.78 Å². The number of ether oxygens (including phenoxy) is 1. The maximum absolute atomic E-state index is 11.4. The minimum atomic E-state index is 0.0813. The summed E-state index contributed by atoms with van der Waals surface area (Å²) in [5.41, 5.74) is 0.776. The van der Waals surface area contributed by atoms with Gasteiger partial charge in [-0.05, 0) is 19.4 Å². The van der Waals surface area contributed by atoms with Crippen molar-refractivity contribution in [2.24, 2.45) is 0 Å². The van der Waals surface area contributed by atoms with E-state index in [0.29, 0.717) is 6.61 Å². The van der Waals surface area contributed by atoms with Crippen molar-refractivity contribution in [2.45, 2.75) is 20.3 Å². The fourth-order valence-corrected chi connectivity index (χ4v) is 1.69. The van der Waals surface area contributed by atoms with Crippen LogP contribution in [0.1, 0.15) is 28.6 Å². The number of rotatable bonds is 5. The van der Waals surface area contributed by atoms with Crippen LogP contribution in [0.25, 0.3) is 0 Å². The van der Waals surface area contributed by atoms with Gasteiger partial charge in [0.1, 0.15) is 6.61 Å². The molecule has 72 valence electrons. The first-order chi connectivity index (χ1) is 6.24. The summed E-state index contributed by atoms with van der Waals surface area (Å²) in [4.78, 5) is 12.6. The first kappa shape index (κ1) is 10.4. The molecule has 3 heteroatoms. The fraction of sp³-hybridized carbons (Fsp3) is 0.500. The van der Waals surface area contributed by atoms with Crippen molar-refractivity contribution in [3.63, 3.8) is 0 Å². The Morgan fingerprint density at radius 2 is 2.38 bits per heavy atom. The lowest BCUT2D eigenvalue weighted by Crippen LogP contribution is -2.08. The van der Waals surface area contributed by atoms with Crippen LogP contribution in [0.3, 0.4) is 0 Å². The molecule has 0 aliphatic rings. The molecule has 1 rings (SSSR count). The van der Waals surface area contributed by atoms with Crippen molar-refractivity contribution >= 4 is 17.1 Å². The molecule has 0 saturated heterocycles. The van der Waals surface area contributed by atoms with Crippen molar-refractivity contribution in [1.29, 1.82) is 0 Å². The average Bonchev–Trinajstić information content (AvgIpc) is 2.52. The molecule has 0 N–H and O–H groups in total. The van der Waals surface area contributed by atoms with Crippen molar-refractivity contribution in [3.8, 4) is 0 Å². The Morgan fingerprint density at radius 1 is 1.62 bits per heavy atom. The smallest absolute Gasteiger partial charge is 0.189 e. The predicted octanol–water partition coefficient (Wildman–Crippen LogP) is 2.67. The zero-order chi connectivity index (χ0) is 9.68. The van der Waals surface area contributed by atoms with Gasteiger partial charge in [-0.15, -0.1) is 11.3 Å². The highest BCUT2D eigenvalue weighted by atomic mass is 32.1. The number of thiophene rings is 1. The quantitative estimate of drug-likeness (QED) is 0.537. The maximum atomic E-state index is 11.4. The third-order valence-corrected chi connectivity index (χ3v) is 2.50. The highest BCUT2D eigenvalue weighted by Crippen LogP contribution is 2.13. The topological polar surface area (TPSA) is 26.3 Å². The van der Waals surface area contributed by atoms with E-state index in [2.05, 4.69) is 0 Å². The largest absolute Gasteiger partial charge is 0.373 e. The molecule has 0 aliphatic carbocycles. The van der Waals surface area contributed by atoms with Gasteiger partial charge in [-0.25, -0.2) is 0 Å². The summed E-state index contributed by atoms with van der Waals surface area (Å²) in [5.74, 6) is 0.0813. The molecule has 0 fully saturated rings. The van der Waals surface area contributed by atoms with Gasteiger partial charge in [0.25, 0.3) is 0 Å². The monoisotopic (exact) mass is 198 g/mol. The third kappa shape index (κ3) is 3.28. The third-order valence-electron chi connectivity index (χ3n) is 1.63. The van der Waals surface area contributed by atoms with Gasteiger partial charge in [0, 0.05) is 22.4 Å². The number of aryl methyl sites for hydroxylation is 1. The van der Waals surface area contributed by atoms with Gasteiger partial charge in [-0.3, -0.25) is 4.79 Å². The molecule has 2 nitrogen and oxygen atoms in total. The standard InChI is InChI=1S/C10H14O2S/c1-3-4-12-6-10(11)9-5-8(2)13-7-9/h5,7H,3-4,6H2,1-2H3. The molecule has 0 bridgehead atoms. The molecule has 0 aliphatic heterocycles. The van der Waals surface area contributed by atoms with Crippen LogP contribution in [0.15, 0.2) is 11.4 Å². The lowest BCUT2D eigenvalue weighted by Gasteiger charge is -1.99. The van der Waals surface area contributed by atoms with E-state index in [0.717, 1.165) is 12.0 Å². The van der Waals surface area contributed by atoms with Crippen molar-refractivity contribution in [1.82, 2.24) is 0 Å². The van der Waals surface area contributed by atoms with Crippen LogP contribution >= 0.6 is 11.3 Å². The molecule has 1 aromatic rings. The highest BCUT2D eigenvalue weighted by molar-refractivity contribution is 7.10. The predicted molar refractivity (Wildman–Crippen MR) is 54.5 cm³/mol. The zero-order valence-corrected chi connectivity index (χ0v) is 8.82. The summed E-state index contributed by atoms with van der Waals surface area (Å²) < 4.78 is 5.16. The minimum Gasteiger partial charge on any atom is -0.373 e. The van der Waals surface area contributed by atoms with Gasteiger partial charge in [0.2, 0.25) is 0 Å². The molecular formula is C10H14O2S. The van der Waals surface area contributed by atoms with Crippen LogP contribution in [0.2, 0.25) is 0 Å². The first-order valence-corrected chi connectivity index (χ1v) is 5.28. The van der Waals surface area contributed by atoms with E-state index in [1.54, 1.807) is 11.3 Å². The molecule has 0 radical (unpaired) electrons. The fourth-order valence-electron chi connectivity index (χ4n) is 0.982. The molecule has 1 heterocycles. The van der Waals surface area contributed by atoms with Crippen molar-refractivity contribution in [3.05, 3.63) is 21.9 Å². The van der Waals surface area contributed by atoms with E-state index < -0.39 is 0 Å².